The molecule has 1 fully saturated rings. The molecule has 0 spiro atoms. The highest BCUT2D eigenvalue weighted by Gasteiger charge is 2.31. The zero-order chi connectivity index (χ0) is 19.3. The number of hydrogen-bond donors (Lipinski definition) is 1. The van der Waals surface area contributed by atoms with Crippen molar-refractivity contribution in [1.82, 2.24) is 29.5 Å². The Morgan fingerprint density at radius 3 is 2.75 bits per heavy atom. The number of H-pyrrole nitrogens is 1. The van der Waals surface area contributed by atoms with Gasteiger partial charge in [0.1, 0.15) is 11.6 Å². The van der Waals surface area contributed by atoms with Crippen LogP contribution >= 0.6 is 0 Å². The van der Waals surface area contributed by atoms with Crippen molar-refractivity contribution >= 4 is 22.6 Å². The molecule has 1 atom stereocenters. The minimum atomic E-state index is -4.38. The largest absolute Gasteiger partial charge is 0.417 e. The highest BCUT2D eigenvalue weighted by atomic mass is 19.4. The fourth-order valence-electron chi connectivity index (χ4n) is 3.80. The van der Waals surface area contributed by atoms with Crippen LogP contribution in [0.25, 0.3) is 16.8 Å². The summed E-state index contributed by atoms with van der Waals surface area (Å²) in [5.74, 6) is 1.46. The standard InChI is InChI=1S/C18H16F3N7/c19-18(20,21)12-3-4-14(23-8-12)27-7-1-2-11(10-27)17-26-25-15-9-24-16-13(28(15)17)5-6-22-16/h3-6,8-9,11,22H,1-2,7,10H2/t11-/m1/s1. The lowest BCUT2D eigenvalue weighted by Gasteiger charge is -2.33. The number of nitrogens with zero attached hydrogens (tertiary/aromatic N) is 6. The number of hydrogen-bond acceptors (Lipinski definition) is 5. The molecule has 28 heavy (non-hydrogen) atoms. The summed E-state index contributed by atoms with van der Waals surface area (Å²) < 4.78 is 40.3. The van der Waals surface area contributed by atoms with E-state index in [4.69, 9.17) is 0 Å². The average Bonchev–Trinajstić information content (AvgIpc) is 3.33. The molecule has 0 unspecified atom stereocenters. The number of alkyl halides is 3. The maximum Gasteiger partial charge on any atom is 0.417 e. The molecule has 0 aromatic carbocycles. The third-order valence-electron chi connectivity index (χ3n) is 5.15. The van der Waals surface area contributed by atoms with E-state index < -0.39 is 11.7 Å². The van der Waals surface area contributed by atoms with Crippen molar-refractivity contribution in [2.75, 3.05) is 18.0 Å². The normalized spacial score (nSPS) is 18.2. The van der Waals surface area contributed by atoms with Gasteiger partial charge in [-0.2, -0.15) is 13.2 Å². The number of anilines is 1. The molecule has 0 amide bonds. The number of fused-ring (bicyclic) bond motifs is 3. The van der Waals surface area contributed by atoms with Crippen LogP contribution in [-0.4, -0.2) is 42.6 Å². The topological polar surface area (TPSA) is 75.0 Å². The van der Waals surface area contributed by atoms with Crippen LogP contribution in [0, 0.1) is 0 Å². The van der Waals surface area contributed by atoms with Gasteiger partial charge in [0.05, 0.1) is 17.3 Å². The van der Waals surface area contributed by atoms with E-state index in [1.54, 1.807) is 6.20 Å². The number of aromatic nitrogens is 6. The Kier molecular flexibility index (Phi) is 3.74. The van der Waals surface area contributed by atoms with Crippen LogP contribution in [0.3, 0.4) is 0 Å². The van der Waals surface area contributed by atoms with Gasteiger partial charge in [-0.15, -0.1) is 10.2 Å². The highest BCUT2D eigenvalue weighted by Crippen LogP contribution is 2.32. The Labute approximate surface area is 157 Å². The van der Waals surface area contributed by atoms with Gasteiger partial charge in [0.15, 0.2) is 11.3 Å². The van der Waals surface area contributed by atoms with Crippen LogP contribution in [0.15, 0.2) is 36.8 Å². The predicted molar refractivity (Wildman–Crippen MR) is 96.1 cm³/mol. The molecule has 7 nitrogen and oxygen atoms in total. The van der Waals surface area contributed by atoms with Crippen molar-refractivity contribution in [3.63, 3.8) is 0 Å². The quantitative estimate of drug-likeness (QED) is 0.571. The van der Waals surface area contributed by atoms with E-state index in [9.17, 15) is 13.2 Å². The maximum atomic E-state index is 12.8. The van der Waals surface area contributed by atoms with Crippen LogP contribution in [0.1, 0.15) is 30.1 Å². The summed E-state index contributed by atoms with van der Waals surface area (Å²) in [6.07, 6.45) is 1.82. The first kappa shape index (κ1) is 17.0. The lowest BCUT2D eigenvalue weighted by Crippen LogP contribution is -2.35. The van der Waals surface area contributed by atoms with Crippen molar-refractivity contribution in [2.24, 2.45) is 0 Å². The van der Waals surface area contributed by atoms with Crippen molar-refractivity contribution in [2.45, 2.75) is 24.9 Å². The van der Waals surface area contributed by atoms with Crippen LogP contribution in [-0.2, 0) is 6.18 Å². The molecule has 0 aliphatic carbocycles. The fourth-order valence-corrected chi connectivity index (χ4v) is 3.80. The molecular formula is C18H16F3N7. The van der Waals surface area contributed by atoms with E-state index in [2.05, 4.69) is 25.1 Å². The first-order valence-corrected chi connectivity index (χ1v) is 8.96. The number of halogens is 3. The maximum absolute atomic E-state index is 12.8. The van der Waals surface area contributed by atoms with Gasteiger partial charge in [-0.1, -0.05) is 0 Å². The van der Waals surface area contributed by atoms with E-state index in [-0.39, 0.29) is 5.92 Å². The molecule has 1 saturated heterocycles. The third kappa shape index (κ3) is 2.76. The monoisotopic (exact) mass is 387 g/mol. The SMILES string of the molecule is FC(F)(F)c1ccc(N2CCC[C@@H](c3nnc4cnc5[nH]ccc5n34)C2)nc1. The van der Waals surface area contributed by atoms with E-state index in [0.29, 0.717) is 18.0 Å². The Hall–Kier alpha value is -3.17. The van der Waals surface area contributed by atoms with Crippen LogP contribution in [0.2, 0.25) is 0 Å². The number of rotatable bonds is 2. The molecule has 1 aliphatic rings. The molecule has 1 N–H and O–H groups in total. The van der Waals surface area contributed by atoms with Gasteiger partial charge >= 0.3 is 6.18 Å². The third-order valence-corrected chi connectivity index (χ3v) is 5.15. The lowest BCUT2D eigenvalue weighted by atomic mass is 9.97. The molecule has 0 saturated carbocycles. The zero-order valence-corrected chi connectivity index (χ0v) is 14.7. The van der Waals surface area contributed by atoms with Crippen LogP contribution in [0.4, 0.5) is 19.0 Å². The molecular weight excluding hydrogens is 371 g/mol. The second-order valence-electron chi connectivity index (χ2n) is 6.91. The minimum Gasteiger partial charge on any atom is -0.356 e. The Bertz CT molecular complexity index is 1130. The summed E-state index contributed by atoms with van der Waals surface area (Å²) in [5, 5.41) is 8.62. The Balaban J connectivity index is 1.46. The van der Waals surface area contributed by atoms with Gasteiger partial charge in [0.25, 0.3) is 0 Å². The minimum absolute atomic E-state index is 0.0911. The van der Waals surface area contributed by atoms with Crippen molar-refractivity contribution in [3.8, 4) is 0 Å². The van der Waals surface area contributed by atoms with Gasteiger partial charge < -0.3 is 9.88 Å². The molecule has 0 bridgehead atoms. The summed E-state index contributed by atoms with van der Waals surface area (Å²) in [7, 11) is 0. The van der Waals surface area contributed by atoms with E-state index in [1.807, 2.05) is 21.6 Å². The Morgan fingerprint density at radius 2 is 1.96 bits per heavy atom. The summed E-state index contributed by atoms with van der Waals surface area (Å²) in [5.41, 5.74) is 1.59. The summed E-state index contributed by atoms with van der Waals surface area (Å²) >= 11 is 0. The number of pyridine rings is 1. The van der Waals surface area contributed by atoms with E-state index in [1.165, 1.54) is 6.07 Å². The zero-order valence-electron chi connectivity index (χ0n) is 14.7. The van der Waals surface area contributed by atoms with Crippen LogP contribution in [0.5, 0.6) is 0 Å². The number of aromatic amines is 1. The first-order chi connectivity index (χ1) is 13.5. The molecule has 4 aromatic heterocycles. The van der Waals surface area contributed by atoms with Gasteiger partial charge in [0.2, 0.25) is 0 Å². The Morgan fingerprint density at radius 1 is 1.07 bits per heavy atom. The van der Waals surface area contributed by atoms with Crippen molar-refractivity contribution in [1.29, 1.82) is 0 Å². The van der Waals surface area contributed by atoms with Crippen LogP contribution < -0.4 is 4.90 Å². The second kappa shape index (κ2) is 6.18. The van der Waals surface area contributed by atoms with Gasteiger partial charge in [-0.05, 0) is 31.0 Å². The van der Waals surface area contributed by atoms with Gasteiger partial charge in [-0.25, -0.2) is 9.97 Å². The lowest BCUT2D eigenvalue weighted by molar-refractivity contribution is -0.137. The molecule has 5 heterocycles. The predicted octanol–water partition coefficient (Wildman–Crippen LogP) is 3.40. The molecule has 1 aliphatic heterocycles. The summed E-state index contributed by atoms with van der Waals surface area (Å²) in [6.45, 7) is 1.36. The molecule has 4 aromatic rings. The second-order valence-corrected chi connectivity index (χ2v) is 6.91. The smallest absolute Gasteiger partial charge is 0.356 e. The number of piperidine rings is 1. The summed E-state index contributed by atoms with van der Waals surface area (Å²) in [6, 6.07) is 4.44. The number of nitrogens with one attached hydrogen (secondary N) is 1. The highest BCUT2D eigenvalue weighted by molar-refractivity contribution is 5.74. The van der Waals surface area contributed by atoms with E-state index >= 15 is 0 Å². The van der Waals surface area contributed by atoms with Crippen molar-refractivity contribution in [3.05, 3.63) is 48.2 Å². The first-order valence-electron chi connectivity index (χ1n) is 8.96. The molecule has 144 valence electrons. The molecule has 5 rings (SSSR count). The van der Waals surface area contributed by atoms with Gasteiger partial charge in [-0.3, -0.25) is 4.40 Å². The summed E-state index contributed by atoms with van der Waals surface area (Å²) in [4.78, 5) is 13.5. The van der Waals surface area contributed by atoms with E-state index in [0.717, 1.165) is 48.6 Å². The van der Waals surface area contributed by atoms with Gasteiger partial charge in [0, 0.05) is 31.4 Å². The fraction of sp³-hybridized carbons (Fsp3) is 0.333. The molecule has 10 heteroatoms. The van der Waals surface area contributed by atoms with Crippen molar-refractivity contribution < 1.29 is 13.2 Å². The average molecular weight is 387 g/mol. The molecule has 0 radical (unpaired) electrons.